The van der Waals surface area contributed by atoms with Crippen LogP contribution in [-0.2, 0) is 0 Å². The van der Waals surface area contributed by atoms with Crippen molar-refractivity contribution in [2.75, 3.05) is 13.2 Å². The third kappa shape index (κ3) is 0.400. The zero-order chi connectivity index (χ0) is 5.61. The van der Waals surface area contributed by atoms with Crippen LogP contribution in [0.1, 0.15) is 12.8 Å². The maximum absolute atomic E-state index is 8.70. The molecule has 0 aromatic heterocycles. The van der Waals surface area contributed by atoms with Crippen LogP contribution in [0.3, 0.4) is 0 Å². The highest BCUT2D eigenvalue weighted by atomic mass is 16.3. The zero-order valence-corrected chi connectivity index (χ0v) is 4.85. The molecule has 1 unspecified atom stereocenters. The smallest absolute Gasteiger partial charge is 0.0590 e. The summed E-state index contributed by atoms with van der Waals surface area (Å²) in [5.74, 6) is 0. The Balaban J connectivity index is 1.98. The molecule has 1 atom stereocenters. The molecule has 1 saturated carbocycles. The minimum Gasteiger partial charge on any atom is -0.395 e. The number of hydrogen-bond donors (Lipinski definition) is 2. The summed E-state index contributed by atoms with van der Waals surface area (Å²) in [7, 11) is 0. The molecule has 2 aliphatic rings. The van der Waals surface area contributed by atoms with Crippen molar-refractivity contribution in [2.24, 2.45) is 5.41 Å². The van der Waals surface area contributed by atoms with Gasteiger partial charge in [0.05, 0.1) is 6.61 Å². The summed E-state index contributed by atoms with van der Waals surface area (Å²) in [6.45, 7) is 1.48. The van der Waals surface area contributed by atoms with Gasteiger partial charge in [-0.15, -0.1) is 0 Å². The largest absolute Gasteiger partial charge is 0.395 e. The molecule has 46 valence electrons. The van der Waals surface area contributed by atoms with E-state index in [1.807, 2.05) is 0 Å². The first-order valence-electron chi connectivity index (χ1n) is 3.22. The summed E-state index contributed by atoms with van der Waals surface area (Å²) in [6, 6.07) is 0.447. The summed E-state index contributed by atoms with van der Waals surface area (Å²) in [5.41, 5.74) is 0.578. The minimum absolute atomic E-state index is 0.333. The van der Waals surface area contributed by atoms with E-state index in [2.05, 4.69) is 5.32 Å². The molecule has 1 aliphatic heterocycles. The number of hydrogen-bond acceptors (Lipinski definition) is 2. The van der Waals surface area contributed by atoms with Crippen molar-refractivity contribution in [1.29, 1.82) is 0 Å². The molecule has 2 N–H and O–H groups in total. The molecule has 0 aromatic rings. The fourth-order valence-corrected chi connectivity index (χ4v) is 1.48. The summed E-state index contributed by atoms with van der Waals surface area (Å²) < 4.78 is 0. The van der Waals surface area contributed by atoms with E-state index in [0.29, 0.717) is 18.1 Å². The van der Waals surface area contributed by atoms with E-state index in [1.54, 1.807) is 0 Å². The number of aliphatic hydroxyl groups excluding tert-OH is 1. The Morgan fingerprint density at radius 1 is 1.62 bits per heavy atom. The average Bonchev–Trinajstić information content (AvgIpc) is 2.42. The van der Waals surface area contributed by atoms with Crippen LogP contribution in [0.4, 0.5) is 0 Å². The molecule has 1 heterocycles. The predicted octanol–water partition coefficient (Wildman–Crippen LogP) is -0.269. The lowest BCUT2D eigenvalue weighted by atomic mass is 9.89. The quantitative estimate of drug-likeness (QED) is 0.490. The second-order valence-corrected chi connectivity index (χ2v) is 2.98. The Morgan fingerprint density at radius 3 is 2.50 bits per heavy atom. The monoisotopic (exact) mass is 113 g/mol. The predicted molar refractivity (Wildman–Crippen MR) is 30.5 cm³/mol. The van der Waals surface area contributed by atoms with Gasteiger partial charge >= 0.3 is 0 Å². The maximum Gasteiger partial charge on any atom is 0.0590 e. The fraction of sp³-hybridized carbons (Fsp3) is 1.00. The van der Waals surface area contributed by atoms with E-state index in [-0.39, 0.29) is 0 Å². The number of aliphatic hydroxyl groups is 1. The normalized spacial score (nSPS) is 39.4. The van der Waals surface area contributed by atoms with Crippen LogP contribution in [0.5, 0.6) is 0 Å². The van der Waals surface area contributed by atoms with E-state index >= 15 is 0 Å². The van der Waals surface area contributed by atoms with E-state index in [0.717, 1.165) is 6.54 Å². The molecule has 0 amide bonds. The Labute approximate surface area is 48.9 Å². The lowest BCUT2D eigenvalue weighted by Gasteiger charge is -2.37. The van der Waals surface area contributed by atoms with Gasteiger partial charge in [-0.3, -0.25) is 0 Å². The summed E-state index contributed by atoms with van der Waals surface area (Å²) in [5, 5.41) is 11.9. The van der Waals surface area contributed by atoms with Crippen molar-refractivity contribution in [3.63, 3.8) is 0 Å². The van der Waals surface area contributed by atoms with Gasteiger partial charge in [-0.1, -0.05) is 0 Å². The van der Waals surface area contributed by atoms with E-state index < -0.39 is 0 Å². The zero-order valence-electron chi connectivity index (χ0n) is 4.85. The molecule has 0 radical (unpaired) electrons. The van der Waals surface area contributed by atoms with Gasteiger partial charge in [0.1, 0.15) is 0 Å². The Morgan fingerprint density at radius 2 is 2.38 bits per heavy atom. The third-order valence-corrected chi connectivity index (χ3v) is 2.51. The van der Waals surface area contributed by atoms with Crippen LogP contribution in [0.15, 0.2) is 0 Å². The highest BCUT2D eigenvalue weighted by Crippen LogP contribution is 2.52. The Bertz CT molecular complexity index is 107. The van der Waals surface area contributed by atoms with Crippen LogP contribution in [0.2, 0.25) is 0 Å². The van der Waals surface area contributed by atoms with Gasteiger partial charge in [-0.2, -0.15) is 0 Å². The summed E-state index contributed by atoms with van der Waals surface area (Å²) >= 11 is 0. The summed E-state index contributed by atoms with van der Waals surface area (Å²) in [4.78, 5) is 0. The standard InChI is InChI=1S/C6H11NO/c8-3-5-6(1-2-6)4-7-5/h5,7-8H,1-4H2. The topological polar surface area (TPSA) is 32.3 Å². The maximum atomic E-state index is 8.70. The van der Waals surface area contributed by atoms with Crippen molar-refractivity contribution in [1.82, 2.24) is 5.32 Å². The Hall–Kier alpha value is -0.0800. The molecule has 1 aliphatic carbocycles. The first-order chi connectivity index (χ1) is 3.87. The van der Waals surface area contributed by atoms with E-state index in [9.17, 15) is 0 Å². The minimum atomic E-state index is 0.333. The van der Waals surface area contributed by atoms with E-state index in [4.69, 9.17) is 5.11 Å². The molecule has 1 spiro atoms. The lowest BCUT2D eigenvalue weighted by Crippen LogP contribution is -2.56. The third-order valence-electron chi connectivity index (χ3n) is 2.51. The van der Waals surface area contributed by atoms with Gasteiger partial charge in [0.15, 0.2) is 0 Å². The van der Waals surface area contributed by atoms with Crippen LogP contribution >= 0.6 is 0 Å². The van der Waals surface area contributed by atoms with Gasteiger partial charge in [0, 0.05) is 18.0 Å². The first-order valence-corrected chi connectivity index (χ1v) is 3.22. The molecule has 0 bridgehead atoms. The van der Waals surface area contributed by atoms with Crippen LogP contribution in [-0.4, -0.2) is 24.3 Å². The molecule has 2 nitrogen and oxygen atoms in total. The highest BCUT2D eigenvalue weighted by molar-refractivity contribution is 5.10. The second-order valence-electron chi connectivity index (χ2n) is 2.98. The van der Waals surface area contributed by atoms with Gasteiger partial charge in [0.25, 0.3) is 0 Å². The average molecular weight is 113 g/mol. The van der Waals surface area contributed by atoms with Gasteiger partial charge in [-0.05, 0) is 12.8 Å². The first kappa shape index (κ1) is 4.77. The van der Waals surface area contributed by atoms with Crippen molar-refractivity contribution in [3.05, 3.63) is 0 Å². The fourth-order valence-electron chi connectivity index (χ4n) is 1.48. The SMILES string of the molecule is OCC1NCC12CC2. The highest BCUT2D eigenvalue weighted by Gasteiger charge is 2.55. The molecule has 2 rings (SSSR count). The van der Waals surface area contributed by atoms with Gasteiger partial charge in [-0.25, -0.2) is 0 Å². The van der Waals surface area contributed by atoms with Gasteiger partial charge in [0.2, 0.25) is 0 Å². The number of nitrogens with one attached hydrogen (secondary N) is 1. The summed E-state index contributed by atoms with van der Waals surface area (Å²) in [6.07, 6.45) is 2.68. The number of rotatable bonds is 1. The van der Waals surface area contributed by atoms with Gasteiger partial charge < -0.3 is 10.4 Å². The molecule has 8 heavy (non-hydrogen) atoms. The molecular formula is C6H11NO. The van der Waals surface area contributed by atoms with Crippen molar-refractivity contribution >= 4 is 0 Å². The van der Waals surface area contributed by atoms with Crippen LogP contribution in [0.25, 0.3) is 0 Å². The van der Waals surface area contributed by atoms with E-state index in [1.165, 1.54) is 12.8 Å². The van der Waals surface area contributed by atoms with Crippen LogP contribution < -0.4 is 5.32 Å². The second kappa shape index (κ2) is 1.25. The van der Waals surface area contributed by atoms with Crippen molar-refractivity contribution < 1.29 is 5.11 Å². The lowest BCUT2D eigenvalue weighted by molar-refractivity contribution is 0.119. The van der Waals surface area contributed by atoms with Crippen molar-refractivity contribution in [2.45, 2.75) is 18.9 Å². The van der Waals surface area contributed by atoms with Crippen molar-refractivity contribution in [3.8, 4) is 0 Å². The van der Waals surface area contributed by atoms with Crippen LogP contribution in [0, 0.1) is 5.41 Å². The molecule has 2 heteroatoms. The molecule has 2 fully saturated rings. The Kier molecular flexibility index (Phi) is 0.746. The molecular weight excluding hydrogens is 102 g/mol. The molecule has 1 saturated heterocycles. The molecule has 0 aromatic carbocycles.